The molecule has 0 unspecified atom stereocenters. The zero-order valence-electron chi connectivity index (χ0n) is 11.9. The molecule has 0 saturated heterocycles. The van der Waals surface area contributed by atoms with E-state index in [1.54, 1.807) is 10.9 Å². The molecule has 20 heavy (non-hydrogen) atoms. The van der Waals surface area contributed by atoms with Crippen molar-refractivity contribution >= 4 is 23.1 Å². The van der Waals surface area contributed by atoms with E-state index in [4.69, 9.17) is 18.0 Å². The number of hydrogen-bond donors (Lipinski definition) is 2. The molecule has 5 nitrogen and oxygen atoms in total. The van der Waals surface area contributed by atoms with Crippen molar-refractivity contribution < 1.29 is 4.79 Å². The number of carbonyl (C=O) groups excluding carboxylic acids is 1. The van der Waals surface area contributed by atoms with Crippen molar-refractivity contribution in [2.24, 2.45) is 18.2 Å². The Hall–Kier alpha value is -1.43. The van der Waals surface area contributed by atoms with Gasteiger partial charge in [0.15, 0.2) is 0 Å². The zero-order chi connectivity index (χ0) is 14.6. The molecular formula is C14H22N4OS. The van der Waals surface area contributed by atoms with Crippen LogP contribution < -0.4 is 11.1 Å². The summed E-state index contributed by atoms with van der Waals surface area (Å²) in [5.74, 6) is -0.0342. The summed E-state index contributed by atoms with van der Waals surface area (Å²) in [7, 11) is 1.86. The zero-order valence-corrected chi connectivity index (χ0v) is 12.7. The van der Waals surface area contributed by atoms with E-state index in [2.05, 4.69) is 10.4 Å². The molecule has 1 aliphatic rings. The third kappa shape index (κ3) is 3.00. The third-order valence-electron chi connectivity index (χ3n) is 4.22. The van der Waals surface area contributed by atoms with Crippen molar-refractivity contribution in [2.75, 3.05) is 0 Å². The SMILES string of the molecule is Cn1nccc1CNC(=O)C1(C(N)=S)CCCCCC1. The molecule has 0 atom stereocenters. The van der Waals surface area contributed by atoms with Gasteiger partial charge >= 0.3 is 0 Å². The van der Waals surface area contributed by atoms with Gasteiger partial charge in [0, 0.05) is 13.2 Å². The summed E-state index contributed by atoms with van der Waals surface area (Å²) in [6.07, 6.45) is 7.57. The van der Waals surface area contributed by atoms with E-state index >= 15 is 0 Å². The maximum absolute atomic E-state index is 12.6. The number of nitrogens with two attached hydrogens (primary N) is 1. The van der Waals surface area contributed by atoms with Crippen LogP contribution in [0.2, 0.25) is 0 Å². The first-order chi connectivity index (χ1) is 9.56. The molecule has 1 saturated carbocycles. The first kappa shape index (κ1) is 15.0. The molecule has 0 aromatic carbocycles. The van der Waals surface area contributed by atoms with Gasteiger partial charge in [-0.15, -0.1) is 0 Å². The summed E-state index contributed by atoms with van der Waals surface area (Å²) < 4.78 is 1.75. The van der Waals surface area contributed by atoms with Crippen LogP contribution in [-0.4, -0.2) is 20.7 Å². The first-order valence-corrected chi connectivity index (χ1v) is 7.52. The van der Waals surface area contributed by atoms with Crippen molar-refractivity contribution in [1.29, 1.82) is 0 Å². The minimum absolute atomic E-state index is 0.0342. The lowest BCUT2D eigenvalue weighted by atomic mass is 9.79. The highest BCUT2D eigenvalue weighted by molar-refractivity contribution is 7.80. The second-order valence-electron chi connectivity index (χ2n) is 5.49. The molecule has 3 N–H and O–H groups in total. The number of aryl methyl sites for hydroxylation is 1. The Balaban J connectivity index is 2.07. The van der Waals surface area contributed by atoms with Crippen molar-refractivity contribution in [1.82, 2.24) is 15.1 Å². The van der Waals surface area contributed by atoms with Crippen molar-refractivity contribution in [3.8, 4) is 0 Å². The van der Waals surface area contributed by atoms with E-state index in [0.29, 0.717) is 11.5 Å². The topological polar surface area (TPSA) is 72.9 Å². The average molecular weight is 294 g/mol. The van der Waals surface area contributed by atoms with Gasteiger partial charge in [0.1, 0.15) is 0 Å². The number of aromatic nitrogens is 2. The average Bonchev–Trinajstić information content (AvgIpc) is 2.67. The van der Waals surface area contributed by atoms with Gasteiger partial charge < -0.3 is 11.1 Å². The standard InChI is InChI=1S/C14H22N4OS/c1-18-11(6-9-17-18)10-16-13(19)14(12(15)20)7-4-2-3-5-8-14/h6,9H,2-5,7-8,10H2,1H3,(H2,15,20)(H,16,19). The van der Waals surface area contributed by atoms with Gasteiger partial charge in [-0.1, -0.05) is 37.9 Å². The predicted molar refractivity (Wildman–Crippen MR) is 82.0 cm³/mol. The van der Waals surface area contributed by atoms with E-state index in [-0.39, 0.29) is 5.91 Å². The van der Waals surface area contributed by atoms with Gasteiger partial charge in [-0.3, -0.25) is 9.48 Å². The number of carbonyl (C=O) groups is 1. The van der Waals surface area contributed by atoms with Crippen LogP contribution in [0.4, 0.5) is 0 Å². The second kappa shape index (κ2) is 6.35. The Labute approximate surface area is 124 Å². The molecule has 1 aromatic rings. The lowest BCUT2D eigenvalue weighted by molar-refractivity contribution is -0.128. The highest BCUT2D eigenvalue weighted by Crippen LogP contribution is 2.35. The van der Waals surface area contributed by atoms with Crippen molar-refractivity contribution in [3.63, 3.8) is 0 Å². The fourth-order valence-corrected chi connectivity index (χ4v) is 3.13. The smallest absolute Gasteiger partial charge is 0.233 e. The fourth-order valence-electron chi connectivity index (χ4n) is 2.83. The molecule has 1 heterocycles. The maximum Gasteiger partial charge on any atom is 0.233 e. The Morgan fingerprint density at radius 3 is 2.60 bits per heavy atom. The van der Waals surface area contributed by atoms with Gasteiger partial charge in [-0.05, 0) is 18.9 Å². The number of rotatable bonds is 4. The number of thiocarbonyl (C=S) groups is 1. The molecule has 2 rings (SSSR count). The van der Waals surface area contributed by atoms with Gasteiger partial charge in [-0.2, -0.15) is 5.10 Å². The molecule has 6 heteroatoms. The van der Waals surface area contributed by atoms with Crippen LogP contribution >= 0.6 is 12.2 Å². The summed E-state index contributed by atoms with van der Waals surface area (Å²) in [6, 6.07) is 1.89. The van der Waals surface area contributed by atoms with Gasteiger partial charge in [0.05, 0.1) is 22.6 Å². The Bertz CT molecular complexity index is 489. The van der Waals surface area contributed by atoms with Crippen molar-refractivity contribution in [3.05, 3.63) is 18.0 Å². The second-order valence-corrected chi connectivity index (χ2v) is 5.93. The Morgan fingerprint density at radius 1 is 1.45 bits per heavy atom. The quantitative estimate of drug-likeness (QED) is 0.654. The predicted octanol–water partition coefficient (Wildman–Crippen LogP) is 1.66. The monoisotopic (exact) mass is 294 g/mol. The van der Waals surface area contributed by atoms with Crippen LogP contribution in [0.3, 0.4) is 0 Å². The third-order valence-corrected chi connectivity index (χ3v) is 4.61. The first-order valence-electron chi connectivity index (χ1n) is 7.11. The number of nitrogens with one attached hydrogen (secondary N) is 1. The minimum atomic E-state index is -0.662. The summed E-state index contributed by atoms with van der Waals surface area (Å²) in [5.41, 5.74) is 6.21. The largest absolute Gasteiger partial charge is 0.392 e. The van der Waals surface area contributed by atoms with Gasteiger partial charge in [0.25, 0.3) is 0 Å². The lowest BCUT2D eigenvalue weighted by Crippen LogP contribution is -2.48. The maximum atomic E-state index is 12.6. The Kier molecular flexibility index (Phi) is 4.75. The van der Waals surface area contributed by atoms with Gasteiger partial charge in [-0.25, -0.2) is 0 Å². The minimum Gasteiger partial charge on any atom is -0.392 e. The molecule has 0 spiro atoms. The molecule has 0 bridgehead atoms. The van der Waals surface area contributed by atoms with Crippen LogP contribution in [0.25, 0.3) is 0 Å². The molecule has 110 valence electrons. The highest BCUT2D eigenvalue weighted by Gasteiger charge is 2.41. The lowest BCUT2D eigenvalue weighted by Gasteiger charge is -2.30. The molecule has 1 aromatic heterocycles. The number of nitrogens with zero attached hydrogens (tertiary/aromatic N) is 2. The van der Waals surface area contributed by atoms with Crippen LogP contribution in [-0.2, 0) is 18.4 Å². The summed E-state index contributed by atoms with van der Waals surface area (Å²) >= 11 is 5.20. The molecule has 1 fully saturated rings. The van der Waals surface area contributed by atoms with Crippen molar-refractivity contribution in [2.45, 2.75) is 45.1 Å². The van der Waals surface area contributed by atoms with Crippen LogP contribution in [0.15, 0.2) is 12.3 Å². The highest BCUT2D eigenvalue weighted by atomic mass is 32.1. The summed E-state index contributed by atoms with van der Waals surface area (Å²) in [4.78, 5) is 12.9. The van der Waals surface area contributed by atoms with Crippen LogP contribution in [0, 0.1) is 5.41 Å². The van der Waals surface area contributed by atoms with E-state index in [1.807, 2.05) is 13.1 Å². The van der Waals surface area contributed by atoms with Crippen LogP contribution in [0.5, 0.6) is 0 Å². The van der Waals surface area contributed by atoms with Gasteiger partial charge in [0.2, 0.25) is 5.91 Å². The van der Waals surface area contributed by atoms with E-state index in [9.17, 15) is 4.79 Å². The number of amides is 1. The van der Waals surface area contributed by atoms with E-state index in [0.717, 1.165) is 44.2 Å². The molecular weight excluding hydrogens is 272 g/mol. The normalized spacial score (nSPS) is 18.2. The van der Waals surface area contributed by atoms with E-state index < -0.39 is 5.41 Å². The molecule has 1 amide bonds. The number of hydrogen-bond acceptors (Lipinski definition) is 3. The molecule has 0 aliphatic heterocycles. The van der Waals surface area contributed by atoms with Crippen LogP contribution in [0.1, 0.15) is 44.2 Å². The molecule has 1 aliphatic carbocycles. The van der Waals surface area contributed by atoms with E-state index in [1.165, 1.54) is 0 Å². The Morgan fingerprint density at radius 2 is 2.10 bits per heavy atom. The summed E-state index contributed by atoms with van der Waals surface area (Å²) in [5, 5.41) is 7.07. The summed E-state index contributed by atoms with van der Waals surface area (Å²) in [6.45, 7) is 0.458. The molecule has 0 radical (unpaired) electrons. The fraction of sp³-hybridized carbons (Fsp3) is 0.643.